The Bertz CT molecular complexity index is 1150. The minimum atomic E-state index is -0.746. The molecule has 1 saturated heterocycles. The van der Waals surface area contributed by atoms with Crippen molar-refractivity contribution in [2.45, 2.75) is 18.9 Å². The molecule has 0 saturated carbocycles. The molecule has 1 aliphatic rings. The molecule has 1 aromatic carbocycles. The van der Waals surface area contributed by atoms with Gasteiger partial charge in [-0.15, -0.1) is 10.2 Å². The van der Waals surface area contributed by atoms with E-state index in [4.69, 9.17) is 5.73 Å². The molecule has 1 aliphatic heterocycles. The number of likely N-dealkylation sites (tertiary alicyclic amines) is 1. The molecular formula is C21H24N10O2. The lowest BCUT2D eigenvalue weighted by Crippen LogP contribution is -2.48. The Hall–Kier alpha value is -4.35. The first-order valence-electron chi connectivity index (χ1n) is 10.4. The number of carbonyl (C=O) groups excluding carboxylic acids is 2. The molecule has 1 atom stereocenters. The molecule has 3 heterocycles. The van der Waals surface area contributed by atoms with Crippen molar-refractivity contribution in [3.05, 3.63) is 55.0 Å². The zero-order valence-electron chi connectivity index (χ0n) is 18.1. The molecule has 1 fully saturated rings. The smallest absolute Gasteiger partial charge is 0.273 e. The molecule has 0 radical (unpaired) electrons. The molecule has 4 rings (SSSR count). The summed E-state index contributed by atoms with van der Waals surface area (Å²) >= 11 is 0. The van der Waals surface area contributed by atoms with E-state index in [2.05, 4.69) is 37.3 Å². The first-order valence-corrected chi connectivity index (χ1v) is 10.4. The summed E-state index contributed by atoms with van der Waals surface area (Å²) in [6, 6.07) is 7.24. The van der Waals surface area contributed by atoms with Crippen LogP contribution in [-0.4, -0.2) is 73.1 Å². The normalized spacial score (nSPS) is 15.7. The number of nitrogens with zero attached hydrogens (tertiary/aromatic N) is 8. The first kappa shape index (κ1) is 21.9. The molecule has 0 spiro atoms. The van der Waals surface area contributed by atoms with Crippen molar-refractivity contribution in [2.75, 3.05) is 30.4 Å². The number of amides is 2. The van der Waals surface area contributed by atoms with E-state index in [0.717, 1.165) is 18.5 Å². The number of likely N-dealkylation sites (N-methyl/N-ethyl adjacent to an activating group) is 1. The summed E-state index contributed by atoms with van der Waals surface area (Å²) in [6.07, 6.45) is 6.22. The van der Waals surface area contributed by atoms with Gasteiger partial charge in [0.15, 0.2) is 11.5 Å². The molecule has 12 heteroatoms. The predicted molar refractivity (Wildman–Crippen MR) is 121 cm³/mol. The van der Waals surface area contributed by atoms with Gasteiger partial charge in [-0.25, -0.2) is 0 Å². The van der Waals surface area contributed by atoms with E-state index in [1.54, 1.807) is 29.4 Å². The standard InChI is InChI=1S/C21H24N10O2/c1-3-17(32)30-12-4-5-16(13-30)29(2)21-26-20(18(19(22)33)27-28-21)25-14-6-8-15(9-7-14)31-23-10-11-24-31/h3,6-11,16H,1,4-5,12-13H2,2H3,(H2,22,33)(H,25,26,28)/t16-/m0/s1. The van der Waals surface area contributed by atoms with E-state index < -0.39 is 5.91 Å². The third-order valence-corrected chi connectivity index (χ3v) is 5.43. The lowest BCUT2D eigenvalue weighted by Gasteiger charge is -2.37. The van der Waals surface area contributed by atoms with Crippen LogP contribution in [0, 0.1) is 0 Å². The molecule has 0 bridgehead atoms. The van der Waals surface area contributed by atoms with Gasteiger partial charge in [-0.2, -0.15) is 20.0 Å². The Morgan fingerprint density at radius 3 is 2.61 bits per heavy atom. The van der Waals surface area contributed by atoms with Crippen LogP contribution in [0.25, 0.3) is 5.69 Å². The van der Waals surface area contributed by atoms with Gasteiger partial charge >= 0.3 is 0 Å². The van der Waals surface area contributed by atoms with Gasteiger partial charge in [-0.1, -0.05) is 6.58 Å². The highest BCUT2D eigenvalue weighted by Crippen LogP contribution is 2.23. The van der Waals surface area contributed by atoms with E-state index in [9.17, 15) is 9.59 Å². The van der Waals surface area contributed by atoms with Crippen molar-refractivity contribution in [1.82, 2.24) is 35.1 Å². The van der Waals surface area contributed by atoms with Gasteiger partial charge in [0.2, 0.25) is 11.9 Å². The van der Waals surface area contributed by atoms with Crippen LogP contribution in [0.3, 0.4) is 0 Å². The molecule has 3 N–H and O–H groups in total. The summed E-state index contributed by atoms with van der Waals surface area (Å²) in [5.74, 6) is -0.339. The first-order chi connectivity index (χ1) is 16.0. The number of rotatable bonds is 7. The second-order valence-corrected chi connectivity index (χ2v) is 7.56. The summed E-state index contributed by atoms with van der Waals surface area (Å²) < 4.78 is 0. The monoisotopic (exact) mass is 448 g/mol. The highest BCUT2D eigenvalue weighted by atomic mass is 16.2. The molecule has 0 aliphatic carbocycles. The van der Waals surface area contributed by atoms with E-state index in [1.165, 1.54) is 10.9 Å². The zero-order valence-corrected chi connectivity index (χ0v) is 18.1. The number of piperidine rings is 1. The molecule has 0 unspecified atom stereocenters. The lowest BCUT2D eigenvalue weighted by molar-refractivity contribution is -0.127. The quantitative estimate of drug-likeness (QED) is 0.503. The SMILES string of the molecule is C=CC(=O)N1CCC[C@H](N(C)c2nnc(C(N)=O)c(Nc3ccc(-n4nccn4)cc3)n2)C1. The van der Waals surface area contributed by atoms with Crippen molar-refractivity contribution < 1.29 is 9.59 Å². The predicted octanol–water partition coefficient (Wildman–Crippen LogP) is 0.908. The minimum Gasteiger partial charge on any atom is -0.364 e. The Labute approximate surface area is 190 Å². The number of hydrogen-bond donors (Lipinski definition) is 2. The Morgan fingerprint density at radius 2 is 1.94 bits per heavy atom. The molecule has 2 amide bonds. The fourth-order valence-electron chi connectivity index (χ4n) is 3.65. The maximum Gasteiger partial charge on any atom is 0.273 e. The molecule has 12 nitrogen and oxygen atoms in total. The van der Waals surface area contributed by atoms with Crippen molar-refractivity contribution >= 4 is 29.3 Å². The number of benzene rings is 1. The molecule has 3 aromatic rings. The van der Waals surface area contributed by atoms with Gasteiger partial charge < -0.3 is 20.9 Å². The van der Waals surface area contributed by atoms with E-state index >= 15 is 0 Å². The zero-order chi connectivity index (χ0) is 23.4. The van der Waals surface area contributed by atoms with Gasteiger partial charge in [0.05, 0.1) is 18.1 Å². The topological polar surface area (TPSA) is 148 Å². The van der Waals surface area contributed by atoms with Crippen LogP contribution >= 0.6 is 0 Å². The van der Waals surface area contributed by atoms with Crippen LogP contribution in [0.1, 0.15) is 23.3 Å². The molecular weight excluding hydrogens is 424 g/mol. The number of nitrogens with one attached hydrogen (secondary N) is 1. The Morgan fingerprint density at radius 1 is 1.21 bits per heavy atom. The molecule has 170 valence electrons. The molecule has 33 heavy (non-hydrogen) atoms. The second kappa shape index (κ2) is 9.42. The van der Waals surface area contributed by atoms with Crippen LogP contribution < -0.4 is 16.0 Å². The van der Waals surface area contributed by atoms with Gasteiger partial charge in [-0.3, -0.25) is 9.59 Å². The summed E-state index contributed by atoms with van der Waals surface area (Å²) in [4.78, 5) is 33.5. The number of nitrogens with two attached hydrogens (primary N) is 1. The number of primary amides is 1. The lowest BCUT2D eigenvalue weighted by atomic mass is 10.0. The van der Waals surface area contributed by atoms with Crippen LogP contribution in [0.15, 0.2) is 49.3 Å². The third-order valence-electron chi connectivity index (χ3n) is 5.43. The average Bonchev–Trinajstić information content (AvgIpc) is 3.38. The van der Waals surface area contributed by atoms with E-state index in [-0.39, 0.29) is 23.5 Å². The number of anilines is 3. The van der Waals surface area contributed by atoms with Crippen molar-refractivity contribution in [2.24, 2.45) is 5.73 Å². The highest BCUT2D eigenvalue weighted by molar-refractivity contribution is 5.96. The fourth-order valence-corrected chi connectivity index (χ4v) is 3.65. The molecule has 2 aromatic heterocycles. The summed E-state index contributed by atoms with van der Waals surface area (Å²) in [6.45, 7) is 4.77. The summed E-state index contributed by atoms with van der Waals surface area (Å²) in [7, 11) is 1.84. The number of carbonyl (C=O) groups is 2. The van der Waals surface area contributed by atoms with Gasteiger partial charge in [-0.05, 0) is 43.2 Å². The van der Waals surface area contributed by atoms with Crippen LogP contribution in [0.2, 0.25) is 0 Å². The van der Waals surface area contributed by atoms with E-state index in [0.29, 0.717) is 24.7 Å². The Kier molecular flexibility index (Phi) is 6.24. The highest BCUT2D eigenvalue weighted by Gasteiger charge is 2.27. The van der Waals surface area contributed by atoms with Gasteiger partial charge in [0.1, 0.15) is 0 Å². The maximum absolute atomic E-state index is 12.0. The van der Waals surface area contributed by atoms with Crippen molar-refractivity contribution in [1.29, 1.82) is 0 Å². The fraction of sp³-hybridized carbons (Fsp3) is 0.286. The third kappa shape index (κ3) is 4.79. The number of aromatic nitrogens is 6. The second-order valence-electron chi connectivity index (χ2n) is 7.56. The van der Waals surface area contributed by atoms with Crippen LogP contribution in [0.5, 0.6) is 0 Å². The van der Waals surface area contributed by atoms with Crippen LogP contribution in [-0.2, 0) is 4.79 Å². The van der Waals surface area contributed by atoms with Crippen LogP contribution in [0.4, 0.5) is 17.5 Å². The summed E-state index contributed by atoms with van der Waals surface area (Å²) in [5, 5.41) is 19.4. The van der Waals surface area contributed by atoms with E-state index in [1.807, 2.05) is 24.1 Å². The van der Waals surface area contributed by atoms with Gasteiger partial charge in [0.25, 0.3) is 5.91 Å². The Balaban J connectivity index is 1.56. The minimum absolute atomic E-state index is 0.00224. The number of hydrogen-bond acceptors (Lipinski definition) is 9. The maximum atomic E-state index is 12.0. The van der Waals surface area contributed by atoms with Gasteiger partial charge in [0, 0.05) is 31.9 Å². The van der Waals surface area contributed by atoms with Crippen molar-refractivity contribution in [3.8, 4) is 5.69 Å². The summed E-state index contributed by atoms with van der Waals surface area (Å²) in [5.41, 5.74) is 6.86. The average molecular weight is 448 g/mol. The largest absolute Gasteiger partial charge is 0.364 e. The van der Waals surface area contributed by atoms with Crippen molar-refractivity contribution in [3.63, 3.8) is 0 Å².